The fourth-order valence-electron chi connectivity index (χ4n) is 4.58. The summed E-state index contributed by atoms with van der Waals surface area (Å²) in [5.74, 6) is -0.737. The molecule has 2 fully saturated rings. The van der Waals surface area contributed by atoms with E-state index in [9.17, 15) is 20.0 Å². The van der Waals surface area contributed by atoms with Gasteiger partial charge in [0.1, 0.15) is 0 Å². The molecule has 5 unspecified atom stereocenters. The van der Waals surface area contributed by atoms with E-state index in [2.05, 4.69) is 16.2 Å². The number of non-ortho nitro benzene ring substituents is 1. The molecule has 0 bridgehead atoms. The van der Waals surface area contributed by atoms with Crippen LogP contribution in [0.4, 0.5) is 5.69 Å². The number of hydrogen-bond donors (Lipinski definition) is 4. The van der Waals surface area contributed by atoms with E-state index in [1.165, 1.54) is 12.1 Å². The summed E-state index contributed by atoms with van der Waals surface area (Å²) in [4.78, 5) is 22.9. The summed E-state index contributed by atoms with van der Waals surface area (Å²) in [6.45, 7) is 0. The van der Waals surface area contributed by atoms with Crippen LogP contribution in [0.2, 0.25) is 0 Å². The molecule has 0 amide bonds. The smallest absolute Gasteiger partial charge is 0.307 e. The Kier molecular flexibility index (Phi) is 5.77. The molecule has 0 radical (unpaired) electrons. The van der Waals surface area contributed by atoms with Gasteiger partial charge in [-0.1, -0.05) is 18.2 Å². The number of nitrogens with zero attached hydrogens (tertiary/aromatic N) is 1. The Morgan fingerprint density at radius 3 is 2.55 bits per heavy atom. The number of carboxylic acids is 1. The molecule has 2 aliphatic rings. The molecular weight excluding hydrogens is 404 g/mol. The topological polar surface area (TPSA) is 135 Å². The molecule has 0 aliphatic carbocycles. The second-order valence-electron chi connectivity index (χ2n) is 7.69. The number of methoxy groups -OCH3 is 2. The number of nitro groups is 1. The van der Waals surface area contributed by atoms with Gasteiger partial charge < -0.3 is 14.6 Å². The van der Waals surface area contributed by atoms with E-state index >= 15 is 0 Å². The average Bonchev–Trinajstić information content (AvgIpc) is 3.22. The lowest BCUT2D eigenvalue weighted by Crippen LogP contribution is -2.53. The highest BCUT2D eigenvalue weighted by molar-refractivity contribution is 5.71. The van der Waals surface area contributed by atoms with Gasteiger partial charge in [-0.2, -0.15) is 0 Å². The minimum absolute atomic E-state index is 0.0263. The van der Waals surface area contributed by atoms with E-state index in [1.54, 1.807) is 32.4 Å². The number of benzene rings is 2. The number of aliphatic carboxylic acids is 1. The van der Waals surface area contributed by atoms with Gasteiger partial charge in [-0.15, -0.1) is 0 Å². The number of nitrogens with one attached hydrogen (secondary N) is 3. The van der Waals surface area contributed by atoms with E-state index in [4.69, 9.17) is 9.47 Å². The molecule has 2 aromatic rings. The van der Waals surface area contributed by atoms with Crippen LogP contribution in [0.5, 0.6) is 11.5 Å². The normalized spacial score (nSPS) is 27.4. The standard InChI is InChI=1S/C21H24N4O6/c1-30-16-7-6-11(9-17(16)31-2)15-10-14(21(26)27)18-19(23-24-20(18)22-15)12-4-3-5-13(8-12)25(28)29/h3-9,14-15,18-20,22-24H,10H2,1-2H3,(H,26,27). The minimum Gasteiger partial charge on any atom is -0.493 e. The third kappa shape index (κ3) is 3.92. The molecule has 164 valence electrons. The quantitative estimate of drug-likeness (QED) is 0.403. The van der Waals surface area contributed by atoms with Gasteiger partial charge in [-0.3, -0.25) is 20.2 Å². The summed E-state index contributed by atoms with van der Waals surface area (Å²) >= 11 is 0. The third-order valence-electron chi connectivity index (χ3n) is 6.07. The van der Waals surface area contributed by atoms with Crippen molar-refractivity contribution in [3.8, 4) is 11.5 Å². The fourth-order valence-corrected chi connectivity index (χ4v) is 4.58. The molecular formula is C21H24N4O6. The number of hydrazine groups is 1. The van der Waals surface area contributed by atoms with Crippen molar-refractivity contribution in [1.29, 1.82) is 0 Å². The van der Waals surface area contributed by atoms with Crippen molar-refractivity contribution < 1.29 is 24.3 Å². The predicted octanol–water partition coefficient (Wildman–Crippen LogP) is 2.14. The summed E-state index contributed by atoms with van der Waals surface area (Å²) in [6.07, 6.45) is 0.0260. The first-order chi connectivity index (χ1) is 14.9. The van der Waals surface area contributed by atoms with E-state index < -0.39 is 16.8 Å². The highest BCUT2D eigenvalue weighted by atomic mass is 16.6. The number of nitro benzene ring substituents is 1. The van der Waals surface area contributed by atoms with Crippen molar-refractivity contribution in [1.82, 2.24) is 16.2 Å². The number of fused-ring (bicyclic) bond motifs is 1. The van der Waals surface area contributed by atoms with Gasteiger partial charge in [0.15, 0.2) is 11.5 Å². The SMILES string of the molecule is COc1ccc(C2CC(C(=O)O)C3C(NNC3c3cccc([N+](=O)[O-])c3)N2)cc1OC. The van der Waals surface area contributed by atoms with Gasteiger partial charge in [0.05, 0.1) is 37.3 Å². The monoisotopic (exact) mass is 428 g/mol. The van der Waals surface area contributed by atoms with Gasteiger partial charge in [0.2, 0.25) is 0 Å². The Balaban J connectivity index is 1.63. The van der Waals surface area contributed by atoms with Crippen LogP contribution in [-0.2, 0) is 4.79 Å². The van der Waals surface area contributed by atoms with Gasteiger partial charge >= 0.3 is 5.97 Å². The van der Waals surface area contributed by atoms with Crippen molar-refractivity contribution >= 4 is 11.7 Å². The average molecular weight is 428 g/mol. The van der Waals surface area contributed by atoms with E-state index in [0.717, 1.165) is 5.56 Å². The highest BCUT2D eigenvalue weighted by Crippen LogP contribution is 2.43. The molecule has 0 saturated carbocycles. The summed E-state index contributed by atoms with van der Waals surface area (Å²) < 4.78 is 10.7. The zero-order chi connectivity index (χ0) is 22.1. The predicted molar refractivity (Wildman–Crippen MR) is 111 cm³/mol. The Bertz CT molecular complexity index is 1000. The fraction of sp³-hybridized carbons (Fsp3) is 0.381. The van der Waals surface area contributed by atoms with E-state index in [-0.39, 0.29) is 29.9 Å². The molecule has 31 heavy (non-hydrogen) atoms. The zero-order valence-corrected chi connectivity index (χ0v) is 17.1. The zero-order valence-electron chi connectivity index (χ0n) is 17.1. The summed E-state index contributed by atoms with van der Waals surface area (Å²) in [6, 6.07) is 11.2. The molecule has 10 nitrogen and oxygen atoms in total. The maximum Gasteiger partial charge on any atom is 0.307 e. The van der Waals surface area contributed by atoms with Crippen molar-refractivity contribution in [3.63, 3.8) is 0 Å². The van der Waals surface area contributed by atoms with Crippen molar-refractivity contribution in [2.24, 2.45) is 11.8 Å². The molecule has 4 N–H and O–H groups in total. The van der Waals surface area contributed by atoms with Gasteiger partial charge in [-0.25, -0.2) is 10.9 Å². The first-order valence-electron chi connectivity index (χ1n) is 9.89. The molecule has 0 spiro atoms. The Morgan fingerprint density at radius 1 is 1.10 bits per heavy atom. The lowest BCUT2D eigenvalue weighted by atomic mass is 9.75. The van der Waals surface area contributed by atoms with Crippen LogP contribution in [0.25, 0.3) is 0 Å². The van der Waals surface area contributed by atoms with Crippen LogP contribution < -0.4 is 25.6 Å². The number of carbonyl (C=O) groups is 1. The van der Waals surface area contributed by atoms with Gasteiger partial charge in [-0.05, 0) is 29.7 Å². The molecule has 5 atom stereocenters. The first kappa shape index (κ1) is 21.0. The van der Waals surface area contributed by atoms with Crippen molar-refractivity contribution in [2.45, 2.75) is 24.7 Å². The molecule has 10 heteroatoms. The molecule has 0 aromatic heterocycles. The summed E-state index contributed by atoms with van der Waals surface area (Å²) in [5, 5.41) is 24.6. The van der Waals surface area contributed by atoms with Gasteiger partial charge in [0, 0.05) is 24.1 Å². The summed E-state index contributed by atoms with van der Waals surface area (Å²) in [5.41, 5.74) is 7.82. The highest BCUT2D eigenvalue weighted by Gasteiger charge is 2.49. The van der Waals surface area contributed by atoms with Crippen LogP contribution in [0.15, 0.2) is 42.5 Å². The first-order valence-corrected chi connectivity index (χ1v) is 9.89. The number of ether oxygens (including phenoxy) is 2. The van der Waals surface area contributed by atoms with Crippen LogP contribution >= 0.6 is 0 Å². The van der Waals surface area contributed by atoms with Crippen molar-refractivity contribution in [2.75, 3.05) is 14.2 Å². The number of hydrogen-bond acceptors (Lipinski definition) is 8. The Labute approximate surface area is 178 Å². The molecule has 2 aliphatic heterocycles. The second kappa shape index (κ2) is 8.50. The largest absolute Gasteiger partial charge is 0.493 e. The second-order valence-corrected chi connectivity index (χ2v) is 7.69. The third-order valence-corrected chi connectivity index (χ3v) is 6.07. The van der Waals surface area contributed by atoms with Crippen LogP contribution in [-0.4, -0.2) is 36.4 Å². The Hall–Kier alpha value is -3.21. The van der Waals surface area contributed by atoms with Crippen LogP contribution in [0.3, 0.4) is 0 Å². The summed E-state index contributed by atoms with van der Waals surface area (Å²) in [7, 11) is 3.11. The maximum atomic E-state index is 12.2. The molecule has 2 saturated heterocycles. The van der Waals surface area contributed by atoms with Crippen molar-refractivity contribution in [3.05, 3.63) is 63.7 Å². The number of rotatable bonds is 6. The maximum absolute atomic E-state index is 12.2. The lowest BCUT2D eigenvalue weighted by molar-refractivity contribution is -0.384. The van der Waals surface area contributed by atoms with Crippen LogP contribution in [0, 0.1) is 22.0 Å². The number of piperidine rings is 1. The lowest BCUT2D eigenvalue weighted by Gasteiger charge is -2.39. The Morgan fingerprint density at radius 2 is 1.87 bits per heavy atom. The van der Waals surface area contributed by atoms with E-state index in [0.29, 0.717) is 23.5 Å². The van der Waals surface area contributed by atoms with Crippen LogP contribution in [0.1, 0.15) is 29.6 Å². The molecule has 4 rings (SSSR count). The van der Waals surface area contributed by atoms with E-state index in [1.807, 2.05) is 12.1 Å². The van der Waals surface area contributed by atoms with Gasteiger partial charge in [0.25, 0.3) is 5.69 Å². The number of carboxylic acid groups (broad SMARTS) is 1. The molecule has 2 heterocycles. The molecule has 2 aromatic carbocycles. The minimum atomic E-state index is -0.900.